The minimum absolute atomic E-state index is 0.0419. The quantitative estimate of drug-likeness (QED) is 0.784. The molecule has 0 bridgehead atoms. The molecule has 0 fully saturated rings. The monoisotopic (exact) mass is 282 g/mol. The molecular formula is C14H13ClF2N2. The number of nitrogens with zero attached hydrogens (tertiary/aromatic N) is 2. The number of hydrogen-bond donors (Lipinski definition) is 0. The molecule has 0 aliphatic carbocycles. The molecule has 19 heavy (non-hydrogen) atoms. The minimum Gasteiger partial charge on any atom is -0.257 e. The van der Waals surface area contributed by atoms with Gasteiger partial charge >= 0.3 is 0 Å². The Morgan fingerprint density at radius 1 is 1.32 bits per heavy atom. The van der Waals surface area contributed by atoms with E-state index in [9.17, 15) is 8.78 Å². The van der Waals surface area contributed by atoms with Gasteiger partial charge in [-0.25, -0.2) is 13.8 Å². The maximum Gasteiger partial charge on any atom is 0.270 e. The standard InChI is InChI=1S/C14H13ClF2N2/c1-9-12(7-15)19-13(8-18-9)10-4-3-5-11(6-10)14(2,16)17/h3-6,8H,7H2,1-2H3. The molecule has 1 aromatic carbocycles. The Morgan fingerprint density at radius 2 is 2.05 bits per heavy atom. The van der Waals surface area contributed by atoms with Gasteiger partial charge in [0.2, 0.25) is 0 Å². The number of aryl methyl sites for hydroxylation is 1. The molecule has 1 aromatic heterocycles. The summed E-state index contributed by atoms with van der Waals surface area (Å²) in [6.07, 6.45) is 1.57. The van der Waals surface area contributed by atoms with Gasteiger partial charge in [0.1, 0.15) is 0 Å². The summed E-state index contributed by atoms with van der Waals surface area (Å²) in [6.45, 7) is 2.68. The zero-order valence-electron chi connectivity index (χ0n) is 10.6. The number of alkyl halides is 3. The van der Waals surface area contributed by atoms with E-state index in [0.717, 1.165) is 12.6 Å². The van der Waals surface area contributed by atoms with Crippen LogP contribution in [0.15, 0.2) is 30.5 Å². The number of halogens is 3. The van der Waals surface area contributed by atoms with Gasteiger partial charge in [-0.2, -0.15) is 0 Å². The van der Waals surface area contributed by atoms with Crippen LogP contribution in [0.3, 0.4) is 0 Å². The van der Waals surface area contributed by atoms with Crippen molar-refractivity contribution in [3.8, 4) is 11.3 Å². The average Bonchev–Trinajstić information content (AvgIpc) is 2.38. The van der Waals surface area contributed by atoms with Crippen LogP contribution in [0.25, 0.3) is 11.3 Å². The van der Waals surface area contributed by atoms with E-state index in [1.807, 2.05) is 6.92 Å². The Bertz CT molecular complexity index is 594. The van der Waals surface area contributed by atoms with Crippen LogP contribution in [0, 0.1) is 6.92 Å². The van der Waals surface area contributed by atoms with Crippen molar-refractivity contribution < 1.29 is 8.78 Å². The average molecular weight is 283 g/mol. The molecule has 0 amide bonds. The zero-order chi connectivity index (χ0) is 14.0. The van der Waals surface area contributed by atoms with Crippen molar-refractivity contribution in [3.05, 3.63) is 47.4 Å². The van der Waals surface area contributed by atoms with Crippen molar-refractivity contribution in [2.24, 2.45) is 0 Å². The summed E-state index contributed by atoms with van der Waals surface area (Å²) in [6, 6.07) is 6.14. The van der Waals surface area contributed by atoms with Crippen LogP contribution in [0.2, 0.25) is 0 Å². The van der Waals surface area contributed by atoms with Crippen LogP contribution in [-0.2, 0) is 11.8 Å². The lowest BCUT2D eigenvalue weighted by Gasteiger charge is -2.12. The lowest BCUT2D eigenvalue weighted by molar-refractivity contribution is 0.0175. The van der Waals surface area contributed by atoms with Gasteiger partial charge in [0.05, 0.1) is 29.2 Å². The summed E-state index contributed by atoms with van der Waals surface area (Å²) >= 11 is 5.77. The highest BCUT2D eigenvalue weighted by atomic mass is 35.5. The van der Waals surface area contributed by atoms with Crippen LogP contribution >= 0.6 is 11.6 Å². The summed E-state index contributed by atoms with van der Waals surface area (Å²) < 4.78 is 26.6. The summed E-state index contributed by atoms with van der Waals surface area (Å²) in [5.74, 6) is -2.63. The molecule has 0 radical (unpaired) electrons. The van der Waals surface area contributed by atoms with Crippen molar-refractivity contribution >= 4 is 11.6 Å². The van der Waals surface area contributed by atoms with Gasteiger partial charge in [-0.15, -0.1) is 11.6 Å². The van der Waals surface area contributed by atoms with E-state index < -0.39 is 5.92 Å². The highest BCUT2D eigenvalue weighted by Crippen LogP contribution is 2.29. The van der Waals surface area contributed by atoms with Crippen LogP contribution < -0.4 is 0 Å². The normalized spacial score (nSPS) is 11.6. The first-order chi connectivity index (χ1) is 8.91. The molecule has 0 aliphatic rings. The van der Waals surface area contributed by atoms with Crippen molar-refractivity contribution in [1.29, 1.82) is 0 Å². The Kier molecular flexibility index (Phi) is 3.80. The van der Waals surface area contributed by atoms with E-state index in [0.29, 0.717) is 17.0 Å². The summed E-state index contributed by atoms with van der Waals surface area (Å²) in [5.41, 5.74) is 2.52. The zero-order valence-corrected chi connectivity index (χ0v) is 11.4. The first kappa shape index (κ1) is 13.9. The fourth-order valence-electron chi connectivity index (χ4n) is 1.70. The predicted molar refractivity (Wildman–Crippen MR) is 71.3 cm³/mol. The summed E-state index contributed by atoms with van der Waals surface area (Å²) in [7, 11) is 0. The number of rotatable bonds is 3. The smallest absolute Gasteiger partial charge is 0.257 e. The van der Waals surface area contributed by atoms with E-state index in [1.165, 1.54) is 12.1 Å². The third kappa shape index (κ3) is 3.07. The van der Waals surface area contributed by atoms with E-state index in [4.69, 9.17) is 11.6 Å². The lowest BCUT2D eigenvalue weighted by atomic mass is 10.0. The molecule has 0 unspecified atom stereocenters. The number of benzene rings is 1. The maximum absolute atomic E-state index is 13.3. The Labute approximate surface area is 115 Å². The van der Waals surface area contributed by atoms with E-state index >= 15 is 0 Å². The third-order valence-electron chi connectivity index (χ3n) is 2.85. The van der Waals surface area contributed by atoms with Gasteiger partial charge in [-0.05, 0) is 13.0 Å². The fourth-order valence-corrected chi connectivity index (χ4v) is 1.96. The fraction of sp³-hybridized carbons (Fsp3) is 0.286. The molecule has 0 spiro atoms. The largest absolute Gasteiger partial charge is 0.270 e. The second kappa shape index (κ2) is 5.21. The van der Waals surface area contributed by atoms with E-state index in [-0.39, 0.29) is 11.4 Å². The van der Waals surface area contributed by atoms with E-state index in [1.54, 1.807) is 18.3 Å². The second-order valence-corrected chi connectivity index (χ2v) is 4.66. The molecule has 5 heteroatoms. The second-order valence-electron chi connectivity index (χ2n) is 4.39. The Balaban J connectivity index is 2.47. The van der Waals surface area contributed by atoms with Gasteiger partial charge < -0.3 is 0 Å². The molecule has 2 nitrogen and oxygen atoms in total. The highest BCUT2D eigenvalue weighted by Gasteiger charge is 2.24. The number of aromatic nitrogens is 2. The van der Waals surface area contributed by atoms with E-state index in [2.05, 4.69) is 9.97 Å². The molecule has 1 heterocycles. The number of hydrogen-bond acceptors (Lipinski definition) is 2. The minimum atomic E-state index is -2.87. The van der Waals surface area contributed by atoms with Gasteiger partial charge in [0.15, 0.2) is 0 Å². The third-order valence-corrected chi connectivity index (χ3v) is 3.10. The summed E-state index contributed by atoms with van der Waals surface area (Å²) in [4.78, 5) is 8.53. The molecule has 0 aliphatic heterocycles. The van der Waals surface area contributed by atoms with Gasteiger partial charge in [-0.1, -0.05) is 18.2 Å². The van der Waals surface area contributed by atoms with Crippen LogP contribution in [0.5, 0.6) is 0 Å². The van der Waals surface area contributed by atoms with Crippen molar-refractivity contribution in [2.45, 2.75) is 25.7 Å². The van der Waals surface area contributed by atoms with Crippen molar-refractivity contribution in [1.82, 2.24) is 9.97 Å². The first-order valence-corrected chi connectivity index (χ1v) is 6.32. The molecule has 0 atom stereocenters. The molecular weight excluding hydrogens is 270 g/mol. The highest BCUT2D eigenvalue weighted by molar-refractivity contribution is 6.17. The molecule has 0 saturated heterocycles. The molecule has 100 valence electrons. The summed E-state index contributed by atoms with van der Waals surface area (Å²) in [5, 5.41) is 0. The first-order valence-electron chi connectivity index (χ1n) is 5.79. The maximum atomic E-state index is 13.3. The van der Waals surface area contributed by atoms with Crippen LogP contribution in [-0.4, -0.2) is 9.97 Å². The predicted octanol–water partition coefficient (Wildman–Crippen LogP) is 4.30. The van der Waals surface area contributed by atoms with Gasteiger partial charge in [0.25, 0.3) is 5.92 Å². The van der Waals surface area contributed by atoms with Crippen molar-refractivity contribution in [3.63, 3.8) is 0 Å². The van der Waals surface area contributed by atoms with Gasteiger partial charge in [-0.3, -0.25) is 4.98 Å². The SMILES string of the molecule is Cc1ncc(-c2cccc(C(C)(F)F)c2)nc1CCl. The molecule has 2 rings (SSSR count). The van der Waals surface area contributed by atoms with Crippen LogP contribution in [0.1, 0.15) is 23.9 Å². The molecule has 0 N–H and O–H groups in total. The van der Waals surface area contributed by atoms with Crippen LogP contribution in [0.4, 0.5) is 8.78 Å². The van der Waals surface area contributed by atoms with Crippen molar-refractivity contribution in [2.75, 3.05) is 0 Å². The Morgan fingerprint density at radius 3 is 2.68 bits per heavy atom. The topological polar surface area (TPSA) is 25.8 Å². The molecule has 2 aromatic rings. The molecule has 0 saturated carbocycles. The Hall–Kier alpha value is -1.55. The van der Waals surface area contributed by atoms with Gasteiger partial charge in [0, 0.05) is 18.1 Å². The lowest BCUT2D eigenvalue weighted by Crippen LogP contribution is -2.07.